The summed E-state index contributed by atoms with van der Waals surface area (Å²) in [4.78, 5) is 30.4. The molecule has 3 rings (SSSR count). The highest BCUT2D eigenvalue weighted by atomic mass is 16.5. The van der Waals surface area contributed by atoms with Crippen LogP contribution in [-0.4, -0.2) is 58.2 Å². The number of amides is 1. The normalized spacial score (nSPS) is 14.4. The van der Waals surface area contributed by atoms with Crippen molar-refractivity contribution in [3.05, 3.63) is 35.8 Å². The Kier molecular flexibility index (Phi) is 5.22. The Morgan fingerprint density at radius 1 is 1.38 bits per heavy atom. The van der Waals surface area contributed by atoms with Gasteiger partial charge in [0.15, 0.2) is 0 Å². The summed E-state index contributed by atoms with van der Waals surface area (Å²) < 4.78 is 6.85. The third kappa shape index (κ3) is 3.28. The maximum Gasteiger partial charge on any atom is 0.337 e. The summed E-state index contributed by atoms with van der Waals surface area (Å²) in [5, 5.41) is 12.1. The number of nitrogens with zero attached hydrogens (tertiary/aromatic N) is 3. The Labute approximate surface area is 151 Å². The Balaban J connectivity index is 1.90. The van der Waals surface area contributed by atoms with Crippen molar-refractivity contribution >= 4 is 28.6 Å². The van der Waals surface area contributed by atoms with Crippen LogP contribution in [0, 0.1) is 0 Å². The molecule has 1 amide bonds. The molecule has 1 aliphatic rings. The maximum absolute atomic E-state index is 12.6. The predicted molar refractivity (Wildman–Crippen MR) is 96.4 cm³/mol. The third-order valence-electron chi connectivity index (χ3n) is 4.31. The van der Waals surface area contributed by atoms with E-state index in [1.807, 2.05) is 18.2 Å². The number of imidazole rings is 1. The lowest BCUT2D eigenvalue weighted by Gasteiger charge is -2.15. The standard InChI is InChI=1S/C18H22N4O4/c1-3-6-22-11-19-14-9-12(4-5-15(14)22)20-16-13(18(25)26-2)10-21(7-8-23)17(16)24/h4-5,9,11,20,23H,3,6-8,10H2,1-2H3. The van der Waals surface area contributed by atoms with Gasteiger partial charge in [-0.15, -0.1) is 0 Å². The van der Waals surface area contributed by atoms with Gasteiger partial charge in [-0.25, -0.2) is 9.78 Å². The summed E-state index contributed by atoms with van der Waals surface area (Å²) in [6.07, 6.45) is 2.80. The van der Waals surface area contributed by atoms with Crippen LogP contribution in [0.5, 0.6) is 0 Å². The number of nitrogens with one attached hydrogen (secondary N) is 1. The van der Waals surface area contributed by atoms with Gasteiger partial charge in [0, 0.05) is 18.8 Å². The van der Waals surface area contributed by atoms with Crippen LogP contribution < -0.4 is 5.32 Å². The van der Waals surface area contributed by atoms with Crippen LogP contribution in [0.25, 0.3) is 11.0 Å². The summed E-state index contributed by atoms with van der Waals surface area (Å²) >= 11 is 0. The number of ether oxygens (including phenoxy) is 1. The number of aliphatic hydroxyl groups is 1. The van der Waals surface area contributed by atoms with Crippen LogP contribution in [0.3, 0.4) is 0 Å². The first kappa shape index (κ1) is 17.9. The largest absolute Gasteiger partial charge is 0.466 e. The molecule has 0 fully saturated rings. The number of hydrogen-bond donors (Lipinski definition) is 2. The summed E-state index contributed by atoms with van der Waals surface area (Å²) in [7, 11) is 1.28. The second-order valence-electron chi connectivity index (χ2n) is 6.06. The smallest absolute Gasteiger partial charge is 0.337 e. The minimum Gasteiger partial charge on any atom is -0.466 e. The van der Waals surface area contributed by atoms with Gasteiger partial charge < -0.3 is 24.6 Å². The summed E-state index contributed by atoms with van der Waals surface area (Å²) in [5.74, 6) is -0.898. The van der Waals surface area contributed by atoms with Crippen molar-refractivity contribution in [2.75, 3.05) is 32.1 Å². The molecule has 0 bridgehead atoms. The van der Waals surface area contributed by atoms with Gasteiger partial charge in [0.1, 0.15) is 5.70 Å². The number of aryl methyl sites for hydroxylation is 1. The number of fused-ring (bicyclic) bond motifs is 1. The molecule has 2 heterocycles. The first-order valence-corrected chi connectivity index (χ1v) is 8.52. The zero-order valence-electron chi connectivity index (χ0n) is 14.9. The maximum atomic E-state index is 12.6. The van der Waals surface area contributed by atoms with E-state index in [0.717, 1.165) is 24.0 Å². The van der Waals surface area contributed by atoms with Crippen molar-refractivity contribution in [1.82, 2.24) is 14.5 Å². The molecular formula is C18H22N4O4. The number of carbonyl (C=O) groups is 2. The number of benzene rings is 1. The number of carbonyl (C=O) groups excluding carboxylic acids is 2. The molecular weight excluding hydrogens is 336 g/mol. The van der Waals surface area contributed by atoms with E-state index in [1.54, 1.807) is 6.33 Å². The number of methoxy groups -OCH3 is 1. The van der Waals surface area contributed by atoms with Gasteiger partial charge in [-0.3, -0.25) is 4.79 Å². The van der Waals surface area contributed by atoms with Crippen molar-refractivity contribution < 1.29 is 19.4 Å². The second-order valence-corrected chi connectivity index (χ2v) is 6.06. The van der Waals surface area contributed by atoms with Crippen molar-refractivity contribution in [3.8, 4) is 0 Å². The van der Waals surface area contributed by atoms with Gasteiger partial charge in [0.2, 0.25) is 0 Å². The number of aromatic nitrogens is 2. The summed E-state index contributed by atoms with van der Waals surface area (Å²) in [6.45, 7) is 3.09. The number of esters is 1. The fourth-order valence-corrected chi connectivity index (χ4v) is 3.05. The average Bonchev–Trinajstić information content (AvgIpc) is 3.18. The molecule has 0 aliphatic carbocycles. The minimum absolute atomic E-state index is 0.113. The molecule has 0 saturated heterocycles. The Bertz CT molecular complexity index is 871. The van der Waals surface area contributed by atoms with Gasteiger partial charge in [0.05, 0.1) is 43.2 Å². The predicted octanol–water partition coefficient (Wildman–Crippen LogP) is 1.12. The van der Waals surface area contributed by atoms with Gasteiger partial charge in [-0.1, -0.05) is 6.92 Å². The summed E-state index contributed by atoms with van der Waals surface area (Å²) in [6, 6.07) is 5.62. The first-order valence-electron chi connectivity index (χ1n) is 8.52. The third-order valence-corrected chi connectivity index (χ3v) is 4.31. The zero-order chi connectivity index (χ0) is 18.7. The zero-order valence-corrected chi connectivity index (χ0v) is 14.9. The molecule has 138 valence electrons. The lowest BCUT2D eigenvalue weighted by molar-refractivity contribution is -0.136. The van der Waals surface area contributed by atoms with Crippen molar-refractivity contribution in [2.45, 2.75) is 19.9 Å². The van der Waals surface area contributed by atoms with E-state index in [2.05, 4.69) is 21.8 Å². The molecule has 1 aliphatic heterocycles. The van der Waals surface area contributed by atoms with Gasteiger partial charge in [-0.05, 0) is 24.6 Å². The van der Waals surface area contributed by atoms with Gasteiger partial charge in [0.25, 0.3) is 5.91 Å². The molecule has 0 radical (unpaired) electrons. The van der Waals surface area contributed by atoms with Crippen LogP contribution in [0.4, 0.5) is 5.69 Å². The number of β-amino-alcohol motifs (C(OH)–C–C–N with tert-alkyl or cyclic N) is 1. The molecule has 0 spiro atoms. The lowest BCUT2D eigenvalue weighted by Crippen LogP contribution is -2.31. The van der Waals surface area contributed by atoms with E-state index >= 15 is 0 Å². The monoisotopic (exact) mass is 358 g/mol. The van der Waals surface area contributed by atoms with E-state index < -0.39 is 5.97 Å². The Morgan fingerprint density at radius 2 is 2.19 bits per heavy atom. The topological polar surface area (TPSA) is 96.7 Å². The fourth-order valence-electron chi connectivity index (χ4n) is 3.05. The Morgan fingerprint density at radius 3 is 2.88 bits per heavy atom. The van der Waals surface area contributed by atoms with Crippen LogP contribution in [-0.2, 0) is 20.9 Å². The average molecular weight is 358 g/mol. The molecule has 2 N–H and O–H groups in total. The van der Waals surface area contributed by atoms with Crippen LogP contribution in [0.15, 0.2) is 35.8 Å². The number of rotatable bonds is 7. The molecule has 8 heteroatoms. The van der Waals surface area contributed by atoms with Crippen LogP contribution >= 0.6 is 0 Å². The van der Waals surface area contributed by atoms with E-state index in [0.29, 0.717) is 5.69 Å². The first-order chi connectivity index (χ1) is 12.6. The van der Waals surface area contributed by atoms with Crippen molar-refractivity contribution in [1.29, 1.82) is 0 Å². The summed E-state index contributed by atoms with van der Waals surface area (Å²) in [5.41, 5.74) is 2.91. The van der Waals surface area contributed by atoms with Gasteiger partial charge in [-0.2, -0.15) is 0 Å². The van der Waals surface area contributed by atoms with Gasteiger partial charge >= 0.3 is 5.97 Å². The Hall–Kier alpha value is -2.87. The SMILES string of the molecule is CCCn1cnc2cc(NC3=C(C(=O)OC)CN(CCO)C3=O)ccc21. The number of anilines is 1. The molecule has 1 aromatic heterocycles. The molecule has 0 atom stereocenters. The minimum atomic E-state index is -0.561. The highest BCUT2D eigenvalue weighted by molar-refractivity contribution is 6.08. The van der Waals surface area contributed by atoms with Crippen LogP contribution in [0.2, 0.25) is 0 Å². The van der Waals surface area contributed by atoms with E-state index in [-0.39, 0.29) is 36.9 Å². The number of hydrogen-bond acceptors (Lipinski definition) is 6. The molecule has 2 aromatic rings. The molecule has 0 saturated carbocycles. The second kappa shape index (κ2) is 7.57. The lowest BCUT2D eigenvalue weighted by atomic mass is 10.2. The van der Waals surface area contributed by atoms with Crippen molar-refractivity contribution in [2.24, 2.45) is 0 Å². The fraction of sp³-hybridized carbons (Fsp3) is 0.389. The highest BCUT2D eigenvalue weighted by Crippen LogP contribution is 2.25. The number of aliphatic hydroxyl groups excluding tert-OH is 1. The highest BCUT2D eigenvalue weighted by Gasteiger charge is 2.34. The molecule has 8 nitrogen and oxygen atoms in total. The molecule has 0 unspecified atom stereocenters. The van der Waals surface area contributed by atoms with Crippen LogP contribution in [0.1, 0.15) is 13.3 Å². The molecule has 26 heavy (non-hydrogen) atoms. The van der Waals surface area contributed by atoms with E-state index in [1.165, 1.54) is 12.0 Å². The quantitative estimate of drug-likeness (QED) is 0.720. The van der Waals surface area contributed by atoms with Crippen molar-refractivity contribution in [3.63, 3.8) is 0 Å². The van der Waals surface area contributed by atoms with E-state index in [4.69, 9.17) is 9.84 Å². The van der Waals surface area contributed by atoms with E-state index in [9.17, 15) is 9.59 Å². The molecule has 1 aromatic carbocycles.